The van der Waals surface area contributed by atoms with E-state index in [0.29, 0.717) is 25.5 Å². The summed E-state index contributed by atoms with van der Waals surface area (Å²) < 4.78 is 5.67. The van der Waals surface area contributed by atoms with Gasteiger partial charge in [0.2, 0.25) is 5.91 Å². The summed E-state index contributed by atoms with van der Waals surface area (Å²) in [6.45, 7) is 5.28. The summed E-state index contributed by atoms with van der Waals surface area (Å²) in [7, 11) is 1.86. The summed E-state index contributed by atoms with van der Waals surface area (Å²) in [5.74, 6) is 1.57. The highest BCUT2D eigenvalue weighted by Crippen LogP contribution is 2.15. The lowest BCUT2D eigenvalue weighted by atomic mass is 9.96. The number of carbonyl (C=O) groups excluding carboxylic acids is 1. The smallest absolute Gasteiger partial charge is 0.222 e. The minimum atomic E-state index is 0.219. The third-order valence-corrected chi connectivity index (χ3v) is 4.00. The number of rotatable bonds is 6. The molecule has 0 aliphatic carbocycles. The van der Waals surface area contributed by atoms with Gasteiger partial charge in [0.1, 0.15) is 12.4 Å². The highest BCUT2D eigenvalue weighted by Gasteiger charge is 2.18. The molecule has 1 unspecified atom stereocenters. The van der Waals surface area contributed by atoms with E-state index in [0.717, 1.165) is 25.3 Å². The van der Waals surface area contributed by atoms with Gasteiger partial charge in [0.15, 0.2) is 0 Å². The molecule has 1 N–H and O–H groups in total. The predicted molar refractivity (Wildman–Crippen MR) is 84.5 cm³/mol. The summed E-state index contributed by atoms with van der Waals surface area (Å²) in [6, 6.07) is 7.98. The number of carbonyl (C=O) groups is 1. The van der Waals surface area contributed by atoms with Gasteiger partial charge in [-0.2, -0.15) is 0 Å². The first-order chi connectivity index (χ1) is 10.1. The minimum absolute atomic E-state index is 0.219. The summed E-state index contributed by atoms with van der Waals surface area (Å²) in [5, 5.41) is 3.35. The van der Waals surface area contributed by atoms with Gasteiger partial charge in [0, 0.05) is 13.5 Å². The van der Waals surface area contributed by atoms with Gasteiger partial charge in [0.05, 0.1) is 6.54 Å². The lowest BCUT2D eigenvalue weighted by Crippen LogP contribution is -2.36. The summed E-state index contributed by atoms with van der Waals surface area (Å²) >= 11 is 0. The Labute approximate surface area is 127 Å². The van der Waals surface area contributed by atoms with Crippen LogP contribution in [0.5, 0.6) is 5.75 Å². The Kier molecular flexibility index (Phi) is 6.05. The number of aryl methyl sites for hydroxylation is 1. The van der Waals surface area contributed by atoms with Gasteiger partial charge in [-0.3, -0.25) is 4.79 Å². The number of piperidine rings is 1. The average molecular weight is 290 g/mol. The zero-order valence-electron chi connectivity index (χ0n) is 13.1. The molecule has 1 aromatic rings. The molecule has 0 aromatic heterocycles. The fourth-order valence-corrected chi connectivity index (χ4v) is 2.56. The molecule has 1 fully saturated rings. The van der Waals surface area contributed by atoms with E-state index < -0.39 is 0 Å². The van der Waals surface area contributed by atoms with Crippen molar-refractivity contribution in [3.05, 3.63) is 29.8 Å². The third kappa shape index (κ3) is 5.38. The zero-order chi connectivity index (χ0) is 15.1. The van der Waals surface area contributed by atoms with E-state index in [-0.39, 0.29) is 5.91 Å². The monoisotopic (exact) mass is 290 g/mol. The highest BCUT2D eigenvalue weighted by molar-refractivity contribution is 5.76. The van der Waals surface area contributed by atoms with Crippen molar-refractivity contribution in [2.75, 3.05) is 33.3 Å². The number of hydrogen-bond donors (Lipinski definition) is 1. The van der Waals surface area contributed by atoms with Crippen LogP contribution in [0.4, 0.5) is 0 Å². The van der Waals surface area contributed by atoms with Gasteiger partial charge >= 0.3 is 0 Å². The van der Waals surface area contributed by atoms with Crippen molar-refractivity contribution in [3.8, 4) is 5.75 Å². The number of ether oxygens (including phenoxy) is 1. The molecule has 1 aliphatic rings. The van der Waals surface area contributed by atoms with Gasteiger partial charge in [0.25, 0.3) is 0 Å². The second-order valence-electron chi connectivity index (χ2n) is 5.89. The SMILES string of the molecule is Cc1ccc(OCCN(C)C(=O)CC2CCCNC2)cc1. The van der Waals surface area contributed by atoms with E-state index in [9.17, 15) is 4.79 Å². The van der Waals surface area contributed by atoms with Gasteiger partial charge in [-0.1, -0.05) is 17.7 Å². The van der Waals surface area contributed by atoms with Crippen LogP contribution in [0.15, 0.2) is 24.3 Å². The van der Waals surface area contributed by atoms with Gasteiger partial charge in [-0.15, -0.1) is 0 Å². The average Bonchev–Trinajstić information content (AvgIpc) is 2.50. The Balaban J connectivity index is 1.67. The summed E-state index contributed by atoms with van der Waals surface area (Å²) in [4.78, 5) is 13.9. The molecular weight excluding hydrogens is 264 g/mol. The quantitative estimate of drug-likeness (QED) is 0.873. The van der Waals surface area contributed by atoms with Crippen molar-refractivity contribution in [2.24, 2.45) is 5.92 Å². The predicted octanol–water partition coefficient (Wildman–Crippen LogP) is 2.22. The van der Waals surface area contributed by atoms with Crippen molar-refractivity contribution in [3.63, 3.8) is 0 Å². The molecule has 0 saturated carbocycles. The summed E-state index contributed by atoms with van der Waals surface area (Å²) in [5.41, 5.74) is 1.22. The van der Waals surface area contributed by atoms with Gasteiger partial charge in [-0.05, 0) is 50.9 Å². The van der Waals surface area contributed by atoms with E-state index >= 15 is 0 Å². The van der Waals surface area contributed by atoms with E-state index in [1.165, 1.54) is 12.0 Å². The molecule has 1 amide bonds. The maximum Gasteiger partial charge on any atom is 0.222 e. The largest absolute Gasteiger partial charge is 0.492 e. The topological polar surface area (TPSA) is 41.6 Å². The van der Waals surface area contributed by atoms with Crippen LogP contribution in [0, 0.1) is 12.8 Å². The first-order valence-electron chi connectivity index (χ1n) is 7.79. The molecule has 2 rings (SSSR count). The lowest BCUT2D eigenvalue weighted by Gasteiger charge is -2.25. The van der Waals surface area contributed by atoms with E-state index in [4.69, 9.17) is 4.74 Å². The van der Waals surface area contributed by atoms with Crippen LogP contribution in [-0.4, -0.2) is 44.1 Å². The molecule has 0 radical (unpaired) electrons. The zero-order valence-corrected chi connectivity index (χ0v) is 13.1. The lowest BCUT2D eigenvalue weighted by molar-refractivity contribution is -0.131. The maximum absolute atomic E-state index is 12.1. The molecule has 116 valence electrons. The Morgan fingerprint density at radius 1 is 1.38 bits per heavy atom. The molecule has 1 aliphatic heterocycles. The van der Waals surface area contributed by atoms with Crippen molar-refractivity contribution < 1.29 is 9.53 Å². The molecule has 4 heteroatoms. The number of benzene rings is 1. The number of amides is 1. The number of nitrogens with zero attached hydrogens (tertiary/aromatic N) is 1. The Hall–Kier alpha value is -1.55. The number of hydrogen-bond acceptors (Lipinski definition) is 3. The van der Waals surface area contributed by atoms with E-state index in [1.54, 1.807) is 4.90 Å². The fraction of sp³-hybridized carbons (Fsp3) is 0.588. The van der Waals surface area contributed by atoms with Crippen molar-refractivity contribution >= 4 is 5.91 Å². The normalized spacial score (nSPS) is 18.3. The molecular formula is C17H26N2O2. The molecule has 21 heavy (non-hydrogen) atoms. The van der Waals surface area contributed by atoms with Crippen molar-refractivity contribution in [1.82, 2.24) is 10.2 Å². The molecule has 1 saturated heterocycles. The Morgan fingerprint density at radius 2 is 2.14 bits per heavy atom. The van der Waals surface area contributed by atoms with Crippen LogP contribution < -0.4 is 10.1 Å². The summed E-state index contributed by atoms with van der Waals surface area (Å²) in [6.07, 6.45) is 2.98. The first kappa shape index (κ1) is 15.8. The molecule has 1 aromatic carbocycles. The van der Waals surface area contributed by atoms with Crippen LogP contribution in [0.2, 0.25) is 0 Å². The van der Waals surface area contributed by atoms with Crippen LogP contribution >= 0.6 is 0 Å². The Morgan fingerprint density at radius 3 is 2.81 bits per heavy atom. The maximum atomic E-state index is 12.1. The van der Waals surface area contributed by atoms with Crippen LogP contribution in [-0.2, 0) is 4.79 Å². The van der Waals surface area contributed by atoms with Crippen LogP contribution in [0.3, 0.4) is 0 Å². The second-order valence-corrected chi connectivity index (χ2v) is 5.89. The van der Waals surface area contributed by atoms with Crippen molar-refractivity contribution in [1.29, 1.82) is 0 Å². The van der Waals surface area contributed by atoms with Crippen LogP contribution in [0.1, 0.15) is 24.8 Å². The molecule has 0 bridgehead atoms. The van der Waals surface area contributed by atoms with E-state index in [2.05, 4.69) is 12.2 Å². The Bertz CT molecular complexity index is 439. The van der Waals surface area contributed by atoms with Crippen LogP contribution in [0.25, 0.3) is 0 Å². The molecule has 4 nitrogen and oxygen atoms in total. The molecule has 1 heterocycles. The minimum Gasteiger partial charge on any atom is -0.492 e. The number of likely N-dealkylation sites (N-methyl/N-ethyl adjacent to an activating group) is 1. The van der Waals surface area contributed by atoms with Gasteiger partial charge in [-0.25, -0.2) is 0 Å². The second kappa shape index (κ2) is 8.03. The van der Waals surface area contributed by atoms with E-state index in [1.807, 2.05) is 31.3 Å². The highest BCUT2D eigenvalue weighted by atomic mass is 16.5. The van der Waals surface area contributed by atoms with Crippen molar-refractivity contribution in [2.45, 2.75) is 26.2 Å². The first-order valence-corrected chi connectivity index (χ1v) is 7.79. The standard InChI is InChI=1S/C17H26N2O2/c1-14-5-7-16(8-6-14)21-11-10-19(2)17(20)12-15-4-3-9-18-13-15/h5-8,15,18H,3-4,9-13H2,1-2H3. The molecule has 1 atom stereocenters. The number of nitrogens with one attached hydrogen (secondary N) is 1. The fourth-order valence-electron chi connectivity index (χ4n) is 2.56. The third-order valence-electron chi connectivity index (χ3n) is 4.00. The molecule has 0 spiro atoms. The van der Waals surface area contributed by atoms with Gasteiger partial charge < -0.3 is 15.0 Å².